The number of aryl methyl sites for hydroxylation is 1. The maximum atomic E-state index is 12.2. The lowest BCUT2D eigenvalue weighted by molar-refractivity contribution is -0.115. The van der Waals surface area contributed by atoms with Gasteiger partial charge < -0.3 is 10.1 Å². The summed E-state index contributed by atoms with van der Waals surface area (Å²) in [5.74, 6) is -1.12. The van der Waals surface area contributed by atoms with Gasteiger partial charge in [-0.15, -0.1) is 0 Å². The van der Waals surface area contributed by atoms with Crippen LogP contribution in [0.4, 0.5) is 14.5 Å². The topological polar surface area (TPSA) is 72.5 Å². The number of hydrogen-bond donors (Lipinski definition) is 1. The number of halogens is 3. The quantitative estimate of drug-likeness (QED) is 0.756. The van der Waals surface area contributed by atoms with Gasteiger partial charge in [-0.25, -0.2) is 8.42 Å². The van der Waals surface area contributed by atoms with E-state index in [1.807, 2.05) is 6.92 Å². The number of alkyl halides is 2. The van der Waals surface area contributed by atoms with E-state index in [9.17, 15) is 22.0 Å². The van der Waals surface area contributed by atoms with Gasteiger partial charge in [0.2, 0.25) is 5.91 Å². The summed E-state index contributed by atoms with van der Waals surface area (Å²) in [5, 5.41) is 2.36. The van der Waals surface area contributed by atoms with Gasteiger partial charge in [0.1, 0.15) is 5.75 Å². The van der Waals surface area contributed by atoms with Gasteiger partial charge in [0.15, 0.2) is 9.84 Å². The molecule has 0 aromatic heterocycles. The highest BCUT2D eigenvalue weighted by Gasteiger charge is 2.17. The second kappa shape index (κ2) is 8.46. The van der Waals surface area contributed by atoms with Crippen LogP contribution in [-0.2, 0) is 14.6 Å². The maximum Gasteiger partial charge on any atom is 0.387 e. The number of nitrogens with one attached hydrogen (secondary N) is 1. The van der Waals surface area contributed by atoms with Gasteiger partial charge >= 0.3 is 6.61 Å². The predicted molar refractivity (Wildman–Crippen MR) is 94.6 cm³/mol. The minimum atomic E-state index is -3.58. The van der Waals surface area contributed by atoms with Crippen LogP contribution in [0.5, 0.6) is 5.75 Å². The molecule has 140 valence electrons. The van der Waals surface area contributed by atoms with Crippen molar-refractivity contribution >= 4 is 33.0 Å². The summed E-state index contributed by atoms with van der Waals surface area (Å²) in [6.45, 7) is -1.17. The molecule has 2 aromatic carbocycles. The molecular formula is C17H16ClF2NO4S. The van der Waals surface area contributed by atoms with E-state index >= 15 is 0 Å². The SMILES string of the molecule is Cc1ccc(S(=O)(=O)CCC(=O)Nc2ccc(OC(F)F)c(Cl)c2)cc1. The van der Waals surface area contributed by atoms with E-state index in [1.54, 1.807) is 12.1 Å². The summed E-state index contributed by atoms with van der Waals surface area (Å²) in [6.07, 6.45) is -0.261. The number of ether oxygens (including phenoxy) is 1. The third-order valence-corrected chi connectivity index (χ3v) is 5.44. The number of benzene rings is 2. The van der Waals surface area contributed by atoms with Gasteiger partial charge in [-0.2, -0.15) is 8.78 Å². The Bertz CT molecular complexity index is 886. The first-order valence-electron chi connectivity index (χ1n) is 7.51. The zero-order valence-corrected chi connectivity index (χ0v) is 15.3. The highest BCUT2D eigenvalue weighted by atomic mass is 35.5. The smallest absolute Gasteiger partial charge is 0.387 e. The lowest BCUT2D eigenvalue weighted by atomic mass is 10.2. The Morgan fingerprint density at radius 3 is 2.42 bits per heavy atom. The van der Waals surface area contributed by atoms with E-state index in [0.29, 0.717) is 0 Å². The van der Waals surface area contributed by atoms with Gasteiger partial charge in [-0.05, 0) is 37.3 Å². The summed E-state index contributed by atoms with van der Waals surface area (Å²) >= 11 is 5.79. The third kappa shape index (κ3) is 5.67. The molecule has 1 N–H and O–H groups in total. The number of sulfone groups is 1. The molecule has 2 rings (SSSR count). The van der Waals surface area contributed by atoms with Crippen LogP contribution >= 0.6 is 11.6 Å². The van der Waals surface area contributed by atoms with Crippen LogP contribution in [0.3, 0.4) is 0 Å². The Morgan fingerprint density at radius 1 is 1.19 bits per heavy atom. The van der Waals surface area contributed by atoms with Crippen LogP contribution in [0.1, 0.15) is 12.0 Å². The summed E-state index contributed by atoms with van der Waals surface area (Å²) in [6, 6.07) is 10.1. The molecule has 9 heteroatoms. The molecule has 0 aliphatic carbocycles. The van der Waals surface area contributed by atoms with Crippen molar-refractivity contribution in [3.8, 4) is 5.75 Å². The van der Waals surface area contributed by atoms with E-state index in [-0.39, 0.29) is 33.5 Å². The first-order chi connectivity index (χ1) is 12.2. The van der Waals surface area contributed by atoms with Crippen LogP contribution in [0.2, 0.25) is 5.02 Å². The minimum absolute atomic E-state index is 0.102. The second-order valence-electron chi connectivity index (χ2n) is 5.45. The Balaban J connectivity index is 1.96. The highest BCUT2D eigenvalue weighted by Crippen LogP contribution is 2.29. The predicted octanol–water partition coefficient (Wildman–Crippen LogP) is 4.05. The van der Waals surface area contributed by atoms with E-state index in [1.165, 1.54) is 30.3 Å². The lowest BCUT2D eigenvalue weighted by Crippen LogP contribution is -2.17. The normalized spacial score (nSPS) is 11.4. The molecule has 0 spiro atoms. The van der Waals surface area contributed by atoms with Crippen molar-refractivity contribution in [1.29, 1.82) is 0 Å². The molecule has 5 nitrogen and oxygen atoms in total. The molecule has 0 atom stereocenters. The molecule has 0 fully saturated rings. The molecule has 26 heavy (non-hydrogen) atoms. The van der Waals surface area contributed by atoms with E-state index in [0.717, 1.165) is 5.56 Å². The van der Waals surface area contributed by atoms with Crippen molar-refractivity contribution in [3.05, 3.63) is 53.1 Å². The number of rotatable bonds is 7. The summed E-state index contributed by atoms with van der Waals surface area (Å²) < 4.78 is 53.0. The van der Waals surface area contributed by atoms with Crippen molar-refractivity contribution in [3.63, 3.8) is 0 Å². The molecule has 0 radical (unpaired) electrons. The average molecular weight is 404 g/mol. The van der Waals surface area contributed by atoms with Crippen molar-refractivity contribution in [2.24, 2.45) is 0 Å². The van der Waals surface area contributed by atoms with Gasteiger partial charge in [0, 0.05) is 12.1 Å². The van der Waals surface area contributed by atoms with Crippen molar-refractivity contribution in [1.82, 2.24) is 0 Å². The van der Waals surface area contributed by atoms with E-state index < -0.39 is 22.4 Å². The number of carbonyl (C=O) groups is 1. The van der Waals surface area contributed by atoms with Gasteiger partial charge in [0.05, 0.1) is 15.7 Å². The average Bonchev–Trinajstić information content (AvgIpc) is 2.56. The molecule has 0 heterocycles. The minimum Gasteiger partial charge on any atom is -0.433 e. The molecule has 0 aliphatic heterocycles. The zero-order chi connectivity index (χ0) is 19.3. The number of hydrogen-bond acceptors (Lipinski definition) is 4. The molecule has 0 aliphatic rings. The van der Waals surface area contributed by atoms with Gasteiger partial charge in [0.25, 0.3) is 0 Å². The first-order valence-corrected chi connectivity index (χ1v) is 9.54. The molecule has 0 saturated carbocycles. The van der Waals surface area contributed by atoms with Crippen molar-refractivity contribution in [2.75, 3.05) is 11.1 Å². The molecule has 2 aromatic rings. The fourth-order valence-corrected chi connectivity index (χ4v) is 3.55. The molecule has 0 bridgehead atoms. The molecule has 0 unspecified atom stereocenters. The fraction of sp³-hybridized carbons (Fsp3) is 0.235. The maximum absolute atomic E-state index is 12.2. The third-order valence-electron chi connectivity index (χ3n) is 3.41. The lowest BCUT2D eigenvalue weighted by Gasteiger charge is -2.10. The first kappa shape index (κ1) is 20.1. The zero-order valence-electron chi connectivity index (χ0n) is 13.7. The monoisotopic (exact) mass is 403 g/mol. The summed E-state index contributed by atoms with van der Waals surface area (Å²) in [7, 11) is -3.58. The van der Waals surface area contributed by atoms with Crippen LogP contribution in [0.15, 0.2) is 47.4 Å². The standard InChI is InChI=1S/C17H16ClF2NO4S/c1-11-2-5-13(6-3-11)26(23,24)9-8-16(22)21-12-4-7-15(14(18)10-12)25-17(19)20/h2-7,10,17H,8-9H2,1H3,(H,21,22). The molecule has 1 amide bonds. The van der Waals surface area contributed by atoms with Gasteiger partial charge in [-0.1, -0.05) is 29.3 Å². The van der Waals surface area contributed by atoms with Crippen molar-refractivity contribution < 1.29 is 26.7 Å². The number of amides is 1. The molecule has 0 saturated heterocycles. The van der Waals surface area contributed by atoms with Crippen LogP contribution in [0, 0.1) is 6.92 Å². The number of carbonyl (C=O) groups excluding carboxylic acids is 1. The molecular weight excluding hydrogens is 388 g/mol. The number of anilines is 1. The Hall–Kier alpha value is -2.19. The Labute approximate surface area is 154 Å². The Morgan fingerprint density at radius 2 is 1.85 bits per heavy atom. The van der Waals surface area contributed by atoms with E-state index in [4.69, 9.17) is 11.6 Å². The summed E-state index contributed by atoms with van der Waals surface area (Å²) in [4.78, 5) is 12.1. The van der Waals surface area contributed by atoms with Crippen LogP contribution < -0.4 is 10.1 Å². The van der Waals surface area contributed by atoms with Gasteiger partial charge in [-0.3, -0.25) is 4.79 Å². The summed E-state index contributed by atoms with van der Waals surface area (Å²) in [5.41, 5.74) is 1.17. The second-order valence-corrected chi connectivity index (χ2v) is 7.97. The highest BCUT2D eigenvalue weighted by molar-refractivity contribution is 7.91. The Kier molecular flexibility index (Phi) is 6.55. The fourth-order valence-electron chi connectivity index (χ4n) is 2.08. The largest absolute Gasteiger partial charge is 0.433 e. The van der Waals surface area contributed by atoms with Crippen LogP contribution in [0.25, 0.3) is 0 Å². The van der Waals surface area contributed by atoms with Crippen LogP contribution in [-0.4, -0.2) is 26.7 Å². The van der Waals surface area contributed by atoms with Crippen molar-refractivity contribution in [2.45, 2.75) is 24.9 Å². The van der Waals surface area contributed by atoms with E-state index in [2.05, 4.69) is 10.1 Å².